The molecule has 2 saturated heterocycles. The predicted octanol–water partition coefficient (Wildman–Crippen LogP) is 2.29. The van der Waals surface area contributed by atoms with Crippen molar-refractivity contribution in [3.63, 3.8) is 0 Å². The molecule has 2 fully saturated rings. The fraction of sp³-hybridized carbons (Fsp3) is 0.611. The van der Waals surface area contributed by atoms with Crippen LogP contribution < -0.4 is 0 Å². The van der Waals surface area contributed by atoms with E-state index in [0.29, 0.717) is 13.2 Å². The van der Waals surface area contributed by atoms with E-state index in [-0.39, 0.29) is 29.8 Å². The Labute approximate surface area is 137 Å². The van der Waals surface area contributed by atoms with E-state index in [9.17, 15) is 9.18 Å². The Morgan fingerprint density at radius 2 is 2.09 bits per heavy atom. The minimum atomic E-state index is -0.149. The van der Waals surface area contributed by atoms with Crippen molar-refractivity contribution in [3.8, 4) is 0 Å². The van der Waals surface area contributed by atoms with Gasteiger partial charge in [0.1, 0.15) is 12.4 Å². The quantitative estimate of drug-likeness (QED) is 0.857. The molecule has 0 aliphatic carbocycles. The Hall–Kier alpha value is -1.46. The topological polar surface area (TPSA) is 32.8 Å². The van der Waals surface area contributed by atoms with Crippen LogP contribution in [0.2, 0.25) is 0 Å². The summed E-state index contributed by atoms with van der Waals surface area (Å²) in [4.78, 5) is 16.4. The van der Waals surface area contributed by atoms with Crippen LogP contribution in [0.4, 0.5) is 4.39 Å². The van der Waals surface area contributed by atoms with Gasteiger partial charge in [-0.05, 0) is 32.9 Å². The van der Waals surface area contributed by atoms with Crippen molar-refractivity contribution in [2.45, 2.75) is 32.9 Å². The second-order valence-electron chi connectivity index (χ2n) is 7.16. The monoisotopic (exact) mass is 320 g/mol. The molecular weight excluding hydrogens is 295 g/mol. The summed E-state index contributed by atoms with van der Waals surface area (Å²) >= 11 is 0. The van der Waals surface area contributed by atoms with Crippen LogP contribution in [0.3, 0.4) is 0 Å². The Kier molecular flexibility index (Phi) is 4.69. The normalized spacial score (nSPS) is 26.3. The highest BCUT2D eigenvalue weighted by atomic mass is 19.1. The van der Waals surface area contributed by atoms with Gasteiger partial charge in [0.05, 0.1) is 6.61 Å². The van der Waals surface area contributed by atoms with E-state index in [4.69, 9.17) is 4.74 Å². The van der Waals surface area contributed by atoms with Crippen LogP contribution in [0.15, 0.2) is 24.3 Å². The zero-order valence-electron chi connectivity index (χ0n) is 13.9. The van der Waals surface area contributed by atoms with E-state index in [1.807, 2.05) is 30.9 Å². The van der Waals surface area contributed by atoms with Crippen molar-refractivity contribution >= 4 is 5.91 Å². The summed E-state index contributed by atoms with van der Waals surface area (Å²) in [5.41, 5.74) is 0.706. The van der Waals surface area contributed by atoms with Crippen molar-refractivity contribution in [1.82, 2.24) is 9.80 Å². The fourth-order valence-corrected chi connectivity index (χ4v) is 3.68. The molecule has 1 unspecified atom stereocenters. The van der Waals surface area contributed by atoms with Crippen LogP contribution in [0.25, 0.3) is 0 Å². The van der Waals surface area contributed by atoms with Crippen molar-refractivity contribution in [2.24, 2.45) is 5.41 Å². The Morgan fingerprint density at radius 3 is 2.83 bits per heavy atom. The van der Waals surface area contributed by atoms with Gasteiger partial charge in [-0.2, -0.15) is 0 Å². The van der Waals surface area contributed by atoms with Gasteiger partial charge in [-0.15, -0.1) is 0 Å². The van der Waals surface area contributed by atoms with Crippen molar-refractivity contribution < 1.29 is 13.9 Å². The summed E-state index contributed by atoms with van der Waals surface area (Å²) in [5, 5.41) is 0. The van der Waals surface area contributed by atoms with Crippen LogP contribution in [0, 0.1) is 11.2 Å². The first-order valence-corrected chi connectivity index (χ1v) is 8.32. The molecule has 4 nitrogen and oxygen atoms in total. The summed E-state index contributed by atoms with van der Waals surface area (Å²) in [5.74, 6) is -0.0750. The second kappa shape index (κ2) is 6.57. The third-order valence-corrected chi connectivity index (χ3v) is 4.95. The number of hydrogen-bond donors (Lipinski definition) is 0. The summed E-state index contributed by atoms with van der Waals surface area (Å²) < 4.78 is 19.5. The lowest BCUT2D eigenvalue weighted by Gasteiger charge is -2.34. The third-order valence-electron chi connectivity index (χ3n) is 4.95. The van der Waals surface area contributed by atoms with Gasteiger partial charge in [0.2, 0.25) is 5.91 Å². The first-order chi connectivity index (χ1) is 11.0. The Balaban J connectivity index is 1.70. The summed E-state index contributed by atoms with van der Waals surface area (Å²) in [6, 6.07) is 7.12. The number of carbonyl (C=O) groups excluding carboxylic acids is 1. The van der Waals surface area contributed by atoms with Crippen LogP contribution >= 0.6 is 0 Å². The van der Waals surface area contributed by atoms with Crippen LogP contribution in [0.1, 0.15) is 25.8 Å². The number of carbonyl (C=O) groups is 1. The molecule has 1 atom stereocenters. The maximum Gasteiger partial charge on any atom is 0.248 e. The van der Waals surface area contributed by atoms with Gasteiger partial charge < -0.3 is 9.64 Å². The molecule has 0 N–H and O–H groups in total. The van der Waals surface area contributed by atoms with Crippen molar-refractivity contribution in [3.05, 3.63) is 35.6 Å². The Morgan fingerprint density at radius 1 is 1.30 bits per heavy atom. The molecular formula is C18H25FN2O2. The molecule has 126 valence electrons. The molecule has 0 radical (unpaired) electrons. The van der Waals surface area contributed by atoms with E-state index in [1.165, 1.54) is 6.07 Å². The maximum atomic E-state index is 13.9. The standard InChI is InChI=1S/C18H25FN2O2/c1-14(2)21-12-18(13-23-10-17(21)22)7-8-20(11-18)9-15-5-3-4-6-16(15)19/h3-6,14H,7-13H2,1-2H3. The van der Waals surface area contributed by atoms with Crippen LogP contribution in [-0.2, 0) is 16.1 Å². The summed E-state index contributed by atoms with van der Waals surface area (Å²) in [7, 11) is 0. The molecule has 0 saturated carbocycles. The van der Waals surface area contributed by atoms with Crippen molar-refractivity contribution in [1.29, 1.82) is 0 Å². The third kappa shape index (κ3) is 3.56. The average Bonchev–Trinajstić information content (AvgIpc) is 2.81. The number of halogens is 1. The van der Waals surface area contributed by atoms with Gasteiger partial charge in [-0.1, -0.05) is 18.2 Å². The minimum Gasteiger partial charge on any atom is -0.371 e. The minimum absolute atomic E-state index is 0.0261. The van der Waals surface area contributed by atoms with Gasteiger partial charge in [-0.3, -0.25) is 9.69 Å². The average molecular weight is 320 g/mol. The number of benzene rings is 1. The number of nitrogens with zero attached hydrogens (tertiary/aromatic N) is 2. The zero-order chi connectivity index (χ0) is 16.4. The van der Waals surface area contributed by atoms with Gasteiger partial charge in [0.15, 0.2) is 0 Å². The molecule has 23 heavy (non-hydrogen) atoms. The molecule has 0 bridgehead atoms. The molecule has 2 aliphatic rings. The summed E-state index contributed by atoms with van der Waals surface area (Å²) in [6.07, 6.45) is 0.984. The molecule has 5 heteroatoms. The predicted molar refractivity (Wildman–Crippen MR) is 86.4 cm³/mol. The number of rotatable bonds is 3. The Bertz CT molecular complexity index is 578. The largest absolute Gasteiger partial charge is 0.371 e. The van der Waals surface area contributed by atoms with Crippen LogP contribution in [0.5, 0.6) is 0 Å². The first kappa shape index (κ1) is 16.4. The van der Waals surface area contributed by atoms with Gasteiger partial charge in [0.25, 0.3) is 0 Å². The van der Waals surface area contributed by atoms with E-state index in [2.05, 4.69) is 4.90 Å². The molecule has 1 amide bonds. The fourth-order valence-electron chi connectivity index (χ4n) is 3.68. The zero-order valence-corrected chi connectivity index (χ0v) is 13.9. The van der Waals surface area contributed by atoms with Gasteiger partial charge in [-0.25, -0.2) is 4.39 Å². The number of amides is 1. The van der Waals surface area contributed by atoms with Gasteiger partial charge in [0, 0.05) is 36.7 Å². The lowest BCUT2D eigenvalue weighted by atomic mass is 9.87. The van der Waals surface area contributed by atoms with Crippen LogP contribution in [-0.4, -0.2) is 54.6 Å². The molecule has 2 heterocycles. The molecule has 0 aromatic heterocycles. The van der Waals surface area contributed by atoms with E-state index in [0.717, 1.165) is 31.6 Å². The highest BCUT2D eigenvalue weighted by Gasteiger charge is 2.43. The molecule has 3 rings (SSSR count). The van der Waals surface area contributed by atoms with E-state index < -0.39 is 0 Å². The van der Waals surface area contributed by atoms with Gasteiger partial charge >= 0.3 is 0 Å². The maximum absolute atomic E-state index is 13.9. The number of ether oxygens (including phenoxy) is 1. The molecule has 2 aliphatic heterocycles. The highest BCUT2D eigenvalue weighted by Crippen LogP contribution is 2.35. The lowest BCUT2D eigenvalue weighted by molar-refractivity contribution is -0.135. The second-order valence-corrected chi connectivity index (χ2v) is 7.16. The van der Waals surface area contributed by atoms with Crippen molar-refractivity contribution in [2.75, 3.05) is 32.8 Å². The first-order valence-electron chi connectivity index (χ1n) is 8.32. The highest BCUT2D eigenvalue weighted by molar-refractivity contribution is 5.78. The lowest BCUT2D eigenvalue weighted by Crippen LogP contribution is -2.45. The molecule has 1 aromatic carbocycles. The smallest absolute Gasteiger partial charge is 0.248 e. The number of likely N-dealkylation sites (tertiary alicyclic amines) is 1. The van der Waals surface area contributed by atoms with E-state index in [1.54, 1.807) is 6.07 Å². The van der Waals surface area contributed by atoms with E-state index >= 15 is 0 Å². The number of hydrogen-bond acceptors (Lipinski definition) is 3. The molecule has 1 spiro atoms. The SMILES string of the molecule is CC(C)N1CC2(CCN(Cc3ccccc3F)C2)COCC1=O. The molecule has 1 aromatic rings. The summed E-state index contributed by atoms with van der Waals surface area (Å²) in [6.45, 7) is 7.98.